The summed E-state index contributed by atoms with van der Waals surface area (Å²) in [7, 11) is 0. The van der Waals surface area contributed by atoms with Crippen molar-refractivity contribution in [2.75, 3.05) is 6.61 Å². The highest BCUT2D eigenvalue weighted by Crippen LogP contribution is 2.29. The third kappa shape index (κ3) is 8.06. The number of hydrogen-bond donors (Lipinski definition) is 0. The highest BCUT2D eigenvalue weighted by atomic mass is 16.5. The van der Waals surface area contributed by atoms with E-state index in [0.717, 1.165) is 30.6 Å². The molecule has 3 aromatic rings. The van der Waals surface area contributed by atoms with E-state index in [1.54, 1.807) is 0 Å². The topological polar surface area (TPSA) is 35.5 Å². The molecule has 0 heterocycles. The van der Waals surface area contributed by atoms with Crippen LogP contribution in [-0.2, 0) is 4.74 Å². The van der Waals surface area contributed by atoms with Gasteiger partial charge in [-0.25, -0.2) is 4.79 Å². The number of esters is 1. The predicted molar refractivity (Wildman–Crippen MR) is 150 cm³/mol. The molecule has 3 nitrogen and oxygen atoms in total. The molecule has 0 aliphatic heterocycles. The number of carbonyl (C=O) groups excluding carboxylic acids is 1. The Morgan fingerprint density at radius 3 is 1.86 bits per heavy atom. The molecule has 0 aliphatic carbocycles. The number of rotatable bonds is 14. The molecule has 0 radical (unpaired) electrons. The van der Waals surface area contributed by atoms with Crippen molar-refractivity contribution in [1.29, 1.82) is 0 Å². The lowest BCUT2D eigenvalue weighted by Crippen LogP contribution is -2.08. The molecule has 0 spiro atoms. The highest BCUT2D eigenvalue weighted by Gasteiger charge is 2.13. The van der Waals surface area contributed by atoms with E-state index in [2.05, 4.69) is 64.1 Å². The van der Waals surface area contributed by atoms with E-state index in [4.69, 9.17) is 9.47 Å². The van der Waals surface area contributed by atoms with Gasteiger partial charge in [0.15, 0.2) is 0 Å². The molecule has 3 aromatic carbocycles. The Kier molecular flexibility index (Phi) is 11.2. The number of ether oxygens (including phenoxy) is 2. The van der Waals surface area contributed by atoms with Crippen molar-refractivity contribution < 1.29 is 14.3 Å². The lowest BCUT2D eigenvalue weighted by Gasteiger charge is -2.16. The van der Waals surface area contributed by atoms with Gasteiger partial charge in [-0.1, -0.05) is 95.0 Å². The Balaban J connectivity index is 1.59. The van der Waals surface area contributed by atoms with Gasteiger partial charge in [0.25, 0.3) is 0 Å². The van der Waals surface area contributed by atoms with Gasteiger partial charge < -0.3 is 9.47 Å². The molecule has 192 valence electrons. The fourth-order valence-electron chi connectivity index (χ4n) is 4.50. The monoisotopic (exact) mass is 486 g/mol. The molecule has 2 atom stereocenters. The molecule has 0 saturated carbocycles. The third-order valence-electron chi connectivity index (χ3n) is 6.81. The molecule has 0 fully saturated rings. The molecule has 0 N–H and O–H groups in total. The first-order chi connectivity index (χ1) is 17.5. The van der Waals surface area contributed by atoms with Crippen molar-refractivity contribution in [3.8, 4) is 16.9 Å². The van der Waals surface area contributed by atoms with Gasteiger partial charge >= 0.3 is 5.97 Å². The second-order valence-electron chi connectivity index (χ2n) is 9.65. The quantitative estimate of drug-likeness (QED) is 0.129. The number of hydrogen-bond acceptors (Lipinski definition) is 3. The van der Waals surface area contributed by atoms with E-state index in [-0.39, 0.29) is 12.1 Å². The van der Waals surface area contributed by atoms with E-state index < -0.39 is 0 Å². The molecule has 3 rings (SSSR count). The van der Waals surface area contributed by atoms with E-state index in [1.165, 1.54) is 43.2 Å². The fraction of sp³-hybridized carbons (Fsp3) is 0.424. The van der Waals surface area contributed by atoms with Gasteiger partial charge in [-0.2, -0.15) is 0 Å². The van der Waals surface area contributed by atoms with Crippen LogP contribution in [-0.4, -0.2) is 12.6 Å². The summed E-state index contributed by atoms with van der Waals surface area (Å²) in [6.07, 6.45) is 8.36. The van der Waals surface area contributed by atoms with Crippen LogP contribution in [0, 0.1) is 0 Å². The summed E-state index contributed by atoms with van der Waals surface area (Å²) in [5.74, 6) is 0.835. The zero-order valence-electron chi connectivity index (χ0n) is 22.5. The number of carbonyl (C=O) groups is 1. The van der Waals surface area contributed by atoms with Crippen molar-refractivity contribution in [2.45, 2.75) is 84.7 Å². The van der Waals surface area contributed by atoms with Gasteiger partial charge in [0.1, 0.15) is 5.75 Å². The number of unbranched alkanes of at least 4 members (excludes halogenated alkanes) is 2. The minimum absolute atomic E-state index is 0.0886. The van der Waals surface area contributed by atoms with Gasteiger partial charge in [-0.05, 0) is 78.6 Å². The summed E-state index contributed by atoms with van der Waals surface area (Å²) < 4.78 is 11.5. The van der Waals surface area contributed by atoms with Crippen LogP contribution < -0.4 is 4.74 Å². The van der Waals surface area contributed by atoms with Crippen LogP contribution in [0.15, 0.2) is 72.8 Å². The normalized spacial score (nSPS) is 12.8. The maximum atomic E-state index is 12.7. The van der Waals surface area contributed by atoms with Crippen LogP contribution in [0.3, 0.4) is 0 Å². The summed E-state index contributed by atoms with van der Waals surface area (Å²) in [6.45, 7) is 9.52. The zero-order chi connectivity index (χ0) is 25.8. The molecular formula is C33H42O3. The molecule has 3 heteroatoms. The minimum Gasteiger partial charge on any atom is -0.423 e. The lowest BCUT2D eigenvalue weighted by molar-refractivity contribution is 0.0637. The van der Waals surface area contributed by atoms with Gasteiger partial charge in [0.2, 0.25) is 0 Å². The summed E-state index contributed by atoms with van der Waals surface area (Å²) >= 11 is 0. The van der Waals surface area contributed by atoms with Gasteiger partial charge in [0.05, 0.1) is 11.7 Å². The van der Waals surface area contributed by atoms with E-state index >= 15 is 0 Å². The Hall–Kier alpha value is -2.91. The maximum absolute atomic E-state index is 12.7. The molecular weight excluding hydrogens is 444 g/mol. The number of benzene rings is 3. The summed E-state index contributed by atoms with van der Waals surface area (Å²) in [5.41, 5.74) is 5.23. The zero-order valence-corrected chi connectivity index (χ0v) is 22.5. The van der Waals surface area contributed by atoms with Gasteiger partial charge in [0, 0.05) is 6.61 Å². The first kappa shape index (κ1) is 27.7. The molecule has 0 aliphatic rings. The van der Waals surface area contributed by atoms with Crippen molar-refractivity contribution >= 4 is 5.97 Å². The SMILES string of the molecule is CCCCOC(C)c1ccc(-c2ccc(C(=O)Oc3ccc(C(CCC)CCCC)cc3)cc2)cc1. The Morgan fingerprint density at radius 1 is 0.694 bits per heavy atom. The van der Waals surface area contributed by atoms with Crippen molar-refractivity contribution in [1.82, 2.24) is 0 Å². The van der Waals surface area contributed by atoms with E-state index in [9.17, 15) is 4.79 Å². The van der Waals surface area contributed by atoms with Crippen LogP contribution in [0.25, 0.3) is 11.1 Å². The van der Waals surface area contributed by atoms with Crippen LogP contribution in [0.4, 0.5) is 0 Å². The Labute approximate surface area is 217 Å². The Bertz CT molecular complexity index is 1040. The fourth-order valence-corrected chi connectivity index (χ4v) is 4.50. The highest BCUT2D eigenvalue weighted by molar-refractivity contribution is 5.91. The van der Waals surface area contributed by atoms with Crippen LogP contribution in [0.5, 0.6) is 5.75 Å². The van der Waals surface area contributed by atoms with Crippen LogP contribution >= 0.6 is 0 Å². The van der Waals surface area contributed by atoms with E-state index in [0.29, 0.717) is 17.2 Å². The Morgan fingerprint density at radius 2 is 1.28 bits per heavy atom. The summed E-state index contributed by atoms with van der Waals surface area (Å²) in [5, 5.41) is 0. The lowest BCUT2D eigenvalue weighted by atomic mass is 9.90. The second kappa shape index (κ2) is 14.6. The predicted octanol–water partition coefficient (Wildman–Crippen LogP) is 9.52. The molecule has 0 bridgehead atoms. The second-order valence-corrected chi connectivity index (χ2v) is 9.65. The van der Waals surface area contributed by atoms with Crippen molar-refractivity contribution in [3.63, 3.8) is 0 Å². The smallest absolute Gasteiger partial charge is 0.343 e. The first-order valence-corrected chi connectivity index (χ1v) is 13.7. The van der Waals surface area contributed by atoms with Crippen LogP contribution in [0.1, 0.15) is 106 Å². The minimum atomic E-state index is -0.334. The third-order valence-corrected chi connectivity index (χ3v) is 6.81. The molecule has 0 aromatic heterocycles. The average molecular weight is 487 g/mol. The molecule has 0 saturated heterocycles. The summed E-state index contributed by atoms with van der Waals surface area (Å²) in [6, 6.07) is 24.1. The van der Waals surface area contributed by atoms with Crippen molar-refractivity contribution in [3.05, 3.63) is 89.5 Å². The first-order valence-electron chi connectivity index (χ1n) is 13.7. The molecule has 36 heavy (non-hydrogen) atoms. The van der Waals surface area contributed by atoms with Crippen molar-refractivity contribution in [2.24, 2.45) is 0 Å². The average Bonchev–Trinajstić information content (AvgIpc) is 2.92. The molecule has 2 unspecified atom stereocenters. The van der Waals surface area contributed by atoms with Crippen LogP contribution in [0.2, 0.25) is 0 Å². The van der Waals surface area contributed by atoms with Gasteiger partial charge in [-0.3, -0.25) is 0 Å². The maximum Gasteiger partial charge on any atom is 0.343 e. The standard InChI is InChI=1S/C33H42O3/c1-5-8-11-27(10-7-3)30-20-22-32(23-21-30)36-33(34)31-18-16-29(17-19-31)28-14-12-26(13-15-28)25(4)35-24-9-6-2/h12-23,25,27H,5-11,24H2,1-4H3. The summed E-state index contributed by atoms with van der Waals surface area (Å²) in [4.78, 5) is 12.7. The van der Waals surface area contributed by atoms with Gasteiger partial charge in [-0.15, -0.1) is 0 Å². The largest absolute Gasteiger partial charge is 0.423 e. The molecule has 0 amide bonds. The van der Waals surface area contributed by atoms with E-state index in [1.807, 2.05) is 36.4 Å².